The van der Waals surface area contributed by atoms with Gasteiger partial charge in [0.25, 0.3) is 0 Å². The zero-order chi connectivity index (χ0) is 17.9. The van der Waals surface area contributed by atoms with E-state index in [0.29, 0.717) is 12.6 Å². The van der Waals surface area contributed by atoms with Crippen molar-refractivity contribution in [1.29, 1.82) is 0 Å². The molecule has 0 aliphatic carbocycles. The van der Waals surface area contributed by atoms with Gasteiger partial charge in [-0.15, -0.1) is 24.0 Å². The van der Waals surface area contributed by atoms with E-state index in [0.717, 1.165) is 51.7 Å². The summed E-state index contributed by atoms with van der Waals surface area (Å²) >= 11 is 0. The highest BCUT2D eigenvalue weighted by molar-refractivity contribution is 14.0. The highest BCUT2D eigenvalue weighted by atomic mass is 127. The number of hydrogen-bond acceptors (Lipinski definition) is 3. The van der Waals surface area contributed by atoms with Gasteiger partial charge >= 0.3 is 0 Å². The maximum atomic E-state index is 5.68. The molecule has 0 aromatic heterocycles. The molecule has 1 saturated heterocycles. The number of guanidine groups is 1. The minimum atomic E-state index is 0. The Hall–Kier alpha value is -0.860. The lowest BCUT2D eigenvalue weighted by molar-refractivity contribution is 0.114. The first-order valence-corrected chi connectivity index (χ1v) is 9.69. The van der Waals surface area contributed by atoms with Crippen LogP contribution in [0.25, 0.3) is 0 Å². The van der Waals surface area contributed by atoms with Crippen LogP contribution in [0.1, 0.15) is 44.7 Å². The first kappa shape index (κ1) is 23.2. The molecule has 6 heteroatoms. The molecule has 1 aromatic carbocycles. The van der Waals surface area contributed by atoms with Gasteiger partial charge in [-0.2, -0.15) is 0 Å². The molecule has 0 spiro atoms. The summed E-state index contributed by atoms with van der Waals surface area (Å²) in [6, 6.07) is 8.62. The van der Waals surface area contributed by atoms with Crippen LogP contribution in [0, 0.1) is 0 Å². The fourth-order valence-electron chi connectivity index (χ4n) is 3.08. The van der Waals surface area contributed by atoms with Crippen LogP contribution in [-0.4, -0.2) is 49.7 Å². The molecule has 1 atom stereocenters. The smallest absolute Gasteiger partial charge is 0.191 e. The molecule has 0 radical (unpaired) electrons. The summed E-state index contributed by atoms with van der Waals surface area (Å²) in [4.78, 5) is 7.22. The number of ether oxygens (including phenoxy) is 1. The highest BCUT2D eigenvalue weighted by Crippen LogP contribution is 2.13. The number of aliphatic imine (C=N–C) groups is 1. The number of halogens is 1. The van der Waals surface area contributed by atoms with Gasteiger partial charge in [-0.25, -0.2) is 4.99 Å². The number of benzene rings is 1. The molecule has 1 fully saturated rings. The Balaban J connectivity index is 0.00000338. The lowest BCUT2D eigenvalue weighted by Crippen LogP contribution is -2.41. The zero-order valence-corrected chi connectivity index (χ0v) is 18.8. The Kier molecular flexibility index (Phi) is 11.9. The lowest BCUT2D eigenvalue weighted by atomic mass is 10.1. The fourth-order valence-corrected chi connectivity index (χ4v) is 3.08. The second kappa shape index (κ2) is 13.3. The van der Waals surface area contributed by atoms with Crippen molar-refractivity contribution in [3.05, 3.63) is 35.4 Å². The van der Waals surface area contributed by atoms with Gasteiger partial charge in [0.1, 0.15) is 0 Å². The summed E-state index contributed by atoms with van der Waals surface area (Å²) in [5, 5.41) is 6.75. The van der Waals surface area contributed by atoms with E-state index in [-0.39, 0.29) is 24.0 Å². The van der Waals surface area contributed by atoms with Crippen LogP contribution < -0.4 is 10.6 Å². The molecule has 1 heterocycles. The Labute approximate surface area is 176 Å². The topological polar surface area (TPSA) is 48.9 Å². The van der Waals surface area contributed by atoms with E-state index >= 15 is 0 Å². The summed E-state index contributed by atoms with van der Waals surface area (Å²) in [5.74, 6) is 0.871. The summed E-state index contributed by atoms with van der Waals surface area (Å²) in [7, 11) is 0. The number of nitrogens with one attached hydrogen (secondary N) is 2. The van der Waals surface area contributed by atoms with Crippen molar-refractivity contribution < 1.29 is 4.74 Å². The van der Waals surface area contributed by atoms with Crippen LogP contribution in [0.2, 0.25) is 0 Å². The molecule has 0 amide bonds. The van der Waals surface area contributed by atoms with E-state index < -0.39 is 0 Å². The highest BCUT2D eigenvalue weighted by Gasteiger charge is 2.15. The quantitative estimate of drug-likeness (QED) is 0.328. The predicted octanol–water partition coefficient (Wildman–Crippen LogP) is 3.38. The monoisotopic (exact) mass is 474 g/mol. The number of nitrogens with zero attached hydrogens (tertiary/aromatic N) is 2. The third-order valence-corrected chi connectivity index (χ3v) is 4.68. The zero-order valence-electron chi connectivity index (χ0n) is 16.5. The van der Waals surface area contributed by atoms with Crippen molar-refractivity contribution in [3.63, 3.8) is 0 Å². The number of rotatable bonds is 9. The molecule has 0 bridgehead atoms. The van der Waals surface area contributed by atoms with Gasteiger partial charge in [-0.3, -0.25) is 4.90 Å². The van der Waals surface area contributed by atoms with Gasteiger partial charge in [0, 0.05) is 26.2 Å². The van der Waals surface area contributed by atoms with E-state index in [1.807, 2.05) is 0 Å². The minimum absolute atomic E-state index is 0. The summed E-state index contributed by atoms with van der Waals surface area (Å²) < 4.78 is 5.68. The fraction of sp³-hybridized carbons (Fsp3) is 0.650. The molecule has 1 aliphatic rings. The third kappa shape index (κ3) is 7.80. The van der Waals surface area contributed by atoms with Crippen LogP contribution in [0.3, 0.4) is 0 Å². The summed E-state index contributed by atoms with van der Waals surface area (Å²) in [5.41, 5.74) is 2.66. The summed E-state index contributed by atoms with van der Waals surface area (Å²) in [6.45, 7) is 12.9. The van der Waals surface area contributed by atoms with Crippen molar-refractivity contribution in [3.8, 4) is 0 Å². The van der Waals surface area contributed by atoms with E-state index in [9.17, 15) is 0 Å². The molecule has 0 saturated carbocycles. The Morgan fingerprint density at radius 3 is 2.50 bits per heavy atom. The predicted molar refractivity (Wildman–Crippen MR) is 120 cm³/mol. The largest absolute Gasteiger partial charge is 0.376 e. The van der Waals surface area contributed by atoms with Crippen LogP contribution in [0.5, 0.6) is 0 Å². The van der Waals surface area contributed by atoms with Gasteiger partial charge in [0.05, 0.1) is 12.6 Å². The number of hydrogen-bond donors (Lipinski definition) is 2. The average molecular weight is 474 g/mol. The van der Waals surface area contributed by atoms with Crippen molar-refractivity contribution in [2.75, 3.05) is 32.8 Å². The van der Waals surface area contributed by atoms with Gasteiger partial charge in [0.15, 0.2) is 5.96 Å². The lowest BCUT2D eigenvalue weighted by Gasteiger charge is -2.20. The molecule has 2 N–H and O–H groups in total. The van der Waals surface area contributed by atoms with Crippen LogP contribution >= 0.6 is 24.0 Å². The molecule has 1 unspecified atom stereocenters. The maximum Gasteiger partial charge on any atom is 0.191 e. The van der Waals surface area contributed by atoms with Crippen molar-refractivity contribution in [2.24, 2.45) is 4.99 Å². The van der Waals surface area contributed by atoms with Crippen LogP contribution in [-0.2, 0) is 17.8 Å². The Morgan fingerprint density at radius 2 is 1.88 bits per heavy atom. The van der Waals surface area contributed by atoms with Gasteiger partial charge in [-0.1, -0.05) is 38.1 Å². The maximum absolute atomic E-state index is 5.68. The molecule has 1 aromatic rings. The molecular formula is C20H35IN4O. The molecule has 2 rings (SSSR count). The van der Waals surface area contributed by atoms with E-state index in [2.05, 4.69) is 60.6 Å². The van der Waals surface area contributed by atoms with Gasteiger partial charge in [-0.05, 0) is 44.0 Å². The molecule has 148 valence electrons. The van der Waals surface area contributed by atoms with Crippen LogP contribution in [0.15, 0.2) is 29.3 Å². The minimum Gasteiger partial charge on any atom is -0.376 e. The normalized spacial score (nSPS) is 17.2. The standard InChI is InChI=1S/C20H34N4O.HI/c1-4-21-20(23-15-19-12-9-13-25-19)22-14-17-10-7-8-11-18(17)16-24(5-2)6-3;/h7-8,10-11,19H,4-6,9,12-16H2,1-3H3,(H2,21,22,23);1H. The van der Waals surface area contributed by atoms with E-state index in [1.165, 1.54) is 17.5 Å². The first-order chi connectivity index (χ1) is 12.3. The summed E-state index contributed by atoms with van der Waals surface area (Å²) in [6.07, 6.45) is 2.62. The van der Waals surface area contributed by atoms with Gasteiger partial charge < -0.3 is 15.4 Å². The van der Waals surface area contributed by atoms with Gasteiger partial charge in [0.2, 0.25) is 0 Å². The van der Waals surface area contributed by atoms with Crippen molar-refractivity contribution in [2.45, 2.75) is 52.8 Å². The molecule has 5 nitrogen and oxygen atoms in total. The second-order valence-electron chi connectivity index (χ2n) is 6.44. The van der Waals surface area contributed by atoms with Crippen LogP contribution in [0.4, 0.5) is 0 Å². The molecular weight excluding hydrogens is 439 g/mol. The van der Waals surface area contributed by atoms with Crippen molar-refractivity contribution in [1.82, 2.24) is 15.5 Å². The Morgan fingerprint density at radius 1 is 1.15 bits per heavy atom. The van der Waals surface area contributed by atoms with E-state index in [1.54, 1.807) is 0 Å². The second-order valence-corrected chi connectivity index (χ2v) is 6.44. The SMILES string of the molecule is CCNC(=NCc1ccccc1CN(CC)CC)NCC1CCCO1.I. The molecule has 26 heavy (non-hydrogen) atoms. The third-order valence-electron chi connectivity index (χ3n) is 4.68. The first-order valence-electron chi connectivity index (χ1n) is 9.69. The molecule has 1 aliphatic heterocycles. The van der Waals surface area contributed by atoms with Crippen molar-refractivity contribution >= 4 is 29.9 Å². The Bertz CT molecular complexity index is 528. The van der Waals surface area contributed by atoms with E-state index in [4.69, 9.17) is 9.73 Å². The average Bonchev–Trinajstić information content (AvgIpc) is 3.16.